The van der Waals surface area contributed by atoms with Gasteiger partial charge >= 0.3 is 0 Å². The number of halogens is 2. The molecular formula is C13H20ClFN2O. The number of rotatable bonds is 6. The zero-order valence-electron chi connectivity index (χ0n) is 10.8. The Labute approximate surface area is 114 Å². The van der Waals surface area contributed by atoms with Gasteiger partial charge in [-0.2, -0.15) is 0 Å². The Hall–Kier alpha value is -1.13. The molecular weight excluding hydrogens is 255 g/mol. The smallest absolute Gasteiger partial charge is 0.251 e. The lowest BCUT2D eigenvalue weighted by atomic mass is 10.1. The number of benzene rings is 1. The molecule has 102 valence electrons. The standard InChI is InChI=1S/C13H19FN2O.ClH/c1-3-6-15-7-8-16-13(17)12-9-11(14)5-4-10(12)2;/h4-5,9,15H,3,6-8H2,1-2H3,(H,16,17);1H. The zero-order valence-corrected chi connectivity index (χ0v) is 11.6. The van der Waals surface area contributed by atoms with Crippen molar-refractivity contribution in [2.45, 2.75) is 20.3 Å². The van der Waals surface area contributed by atoms with Crippen LogP contribution in [0.25, 0.3) is 0 Å². The third-order valence-corrected chi connectivity index (χ3v) is 2.46. The van der Waals surface area contributed by atoms with Gasteiger partial charge in [0.05, 0.1) is 0 Å². The van der Waals surface area contributed by atoms with Crippen molar-refractivity contribution in [3.05, 3.63) is 35.1 Å². The molecule has 3 nitrogen and oxygen atoms in total. The molecule has 5 heteroatoms. The van der Waals surface area contributed by atoms with Crippen LogP contribution in [0.5, 0.6) is 0 Å². The molecule has 0 fully saturated rings. The van der Waals surface area contributed by atoms with E-state index in [0.717, 1.165) is 25.1 Å². The number of carbonyl (C=O) groups excluding carboxylic acids is 1. The van der Waals surface area contributed by atoms with Crippen LogP contribution in [0.2, 0.25) is 0 Å². The number of amides is 1. The van der Waals surface area contributed by atoms with Gasteiger partial charge < -0.3 is 10.6 Å². The molecule has 2 N–H and O–H groups in total. The monoisotopic (exact) mass is 274 g/mol. The first-order valence-corrected chi connectivity index (χ1v) is 5.90. The zero-order chi connectivity index (χ0) is 12.7. The van der Waals surface area contributed by atoms with Crippen LogP contribution in [0.3, 0.4) is 0 Å². The van der Waals surface area contributed by atoms with Crippen molar-refractivity contribution >= 4 is 18.3 Å². The van der Waals surface area contributed by atoms with Crippen molar-refractivity contribution in [1.82, 2.24) is 10.6 Å². The Balaban J connectivity index is 0.00000289. The van der Waals surface area contributed by atoms with Crippen LogP contribution in [-0.4, -0.2) is 25.5 Å². The summed E-state index contributed by atoms with van der Waals surface area (Å²) in [6.07, 6.45) is 1.07. The molecule has 0 aliphatic heterocycles. The third-order valence-electron chi connectivity index (χ3n) is 2.46. The summed E-state index contributed by atoms with van der Waals surface area (Å²) in [6, 6.07) is 4.23. The summed E-state index contributed by atoms with van der Waals surface area (Å²) >= 11 is 0. The second kappa shape index (κ2) is 8.89. The van der Waals surface area contributed by atoms with Crippen LogP contribution in [0, 0.1) is 12.7 Å². The van der Waals surface area contributed by atoms with Gasteiger partial charge in [-0.25, -0.2) is 4.39 Å². The molecule has 18 heavy (non-hydrogen) atoms. The molecule has 0 saturated heterocycles. The minimum absolute atomic E-state index is 0. The second-order valence-electron chi connectivity index (χ2n) is 3.97. The molecule has 0 saturated carbocycles. The highest BCUT2D eigenvalue weighted by molar-refractivity contribution is 5.95. The lowest BCUT2D eigenvalue weighted by Gasteiger charge is -2.08. The SMILES string of the molecule is CCCNCCNC(=O)c1cc(F)ccc1C.Cl. The van der Waals surface area contributed by atoms with Crippen LogP contribution < -0.4 is 10.6 Å². The molecule has 1 amide bonds. The van der Waals surface area contributed by atoms with E-state index in [1.807, 2.05) is 0 Å². The molecule has 0 aromatic heterocycles. The summed E-state index contributed by atoms with van der Waals surface area (Å²) < 4.78 is 13.0. The number of nitrogens with one attached hydrogen (secondary N) is 2. The van der Waals surface area contributed by atoms with Crippen molar-refractivity contribution < 1.29 is 9.18 Å². The van der Waals surface area contributed by atoms with E-state index in [9.17, 15) is 9.18 Å². The number of carbonyl (C=O) groups is 1. The van der Waals surface area contributed by atoms with Gasteiger partial charge in [-0.15, -0.1) is 12.4 Å². The highest BCUT2D eigenvalue weighted by Gasteiger charge is 2.08. The molecule has 0 heterocycles. The number of hydrogen-bond donors (Lipinski definition) is 2. The Morgan fingerprint density at radius 1 is 1.28 bits per heavy atom. The molecule has 0 atom stereocenters. The maximum absolute atomic E-state index is 13.0. The maximum atomic E-state index is 13.0. The van der Waals surface area contributed by atoms with E-state index < -0.39 is 0 Å². The Morgan fingerprint density at radius 3 is 2.67 bits per heavy atom. The fourth-order valence-corrected chi connectivity index (χ4v) is 1.50. The maximum Gasteiger partial charge on any atom is 0.251 e. The molecule has 0 bridgehead atoms. The first kappa shape index (κ1) is 16.9. The van der Waals surface area contributed by atoms with Gasteiger partial charge in [0.25, 0.3) is 5.91 Å². The van der Waals surface area contributed by atoms with Gasteiger partial charge in [-0.05, 0) is 37.6 Å². The predicted molar refractivity (Wildman–Crippen MR) is 73.9 cm³/mol. The van der Waals surface area contributed by atoms with Crippen LogP contribution >= 0.6 is 12.4 Å². The number of aryl methyl sites for hydroxylation is 1. The van der Waals surface area contributed by atoms with E-state index in [4.69, 9.17) is 0 Å². The average Bonchev–Trinajstić information content (AvgIpc) is 2.32. The minimum atomic E-state index is -0.384. The molecule has 0 unspecified atom stereocenters. The lowest BCUT2D eigenvalue weighted by molar-refractivity contribution is 0.0953. The van der Waals surface area contributed by atoms with Crippen LogP contribution in [0.1, 0.15) is 29.3 Å². The molecule has 1 aromatic carbocycles. The predicted octanol–water partition coefficient (Wildman–Crippen LogP) is 2.29. The van der Waals surface area contributed by atoms with E-state index in [1.54, 1.807) is 13.0 Å². The fourth-order valence-electron chi connectivity index (χ4n) is 1.50. The Bertz CT molecular complexity index is 385. The van der Waals surface area contributed by atoms with E-state index in [-0.39, 0.29) is 24.1 Å². The van der Waals surface area contributed by atoms with Crippen molar-refractivity contribution in [1.29, 1.82) is 0 Å². The molecule has 1 aromatic rings. The fraction of sp³-hybridized carbons (Fsp3) is 0.462. The van der Waals surface area contributed by atoms with Gasteiger partial charge in [-0.1, -0.05) is 13.0 Å². The van der Waals surface area contributed by atoms with Gasteiger partial charge in [-0.3, -0.25) is 4.79 Å². The van der Waals surface area contributed by atoms with Crippen LogP contribution in [0.4, 0.5) is 4.39 Å². The first-order valence-electron chi connectivity index (χ1n) is 5.90. The van der Waals surface area contributed by atoms with Crippen LogP contribution in [-0.2, 0) is 0 Å². The van der Waals surface area contributed by atoms with Gasteiger partial charge in [0.15, 0.2) is 0 Å². The summed E-state index contributed by atoms with van der Waals surface area (Å²) in [5, 5.41) is 5.94. The molecule has 0 spiro atoms. The topological polar surface area (TPSA) is 41.1 Å². The molecule has 1 rings (SSSR count). The van der Waals surface area contributed by atoms with Gasteiger partial charge in [0, 0.05) is 18.7 Å². The van der Waals surface area contributed by atoms with E-state index in [2.05, 4.69) is 17.6 Å². The van der Waals surface area contributed by atoms with E-state index >= 15 is 0 Å². The third kappa shape index (κ3) is 5.47. The average molecular weight is 275 g/mol. The van der Waals surface area contributed by atoms with Crippen molar-refractivity contribution in [2.75, 3.05) is 19.6 Å². The quantitative estimate of drug-likeness (QED) is 0.782. The molecule has 0 radical (unpaired) electrons. The molecule has 0 aliphatic carbocycles. The second-order valence-corrected chi connectivity index (χ2v) is 3.97. The van der Waals surface area contributed by atoms with Gasteiger partial charge in [0.2, 0.25) is 0 Å². The largest absolute Gasteiger partial charge is 0.351 e. The van der Waals surface area contributed by atoms with E-state index in [1.165, 1.54) is 12.1 Å². The highest BCUT2D eigenvalue weighted by atomic mass is 35.5. The molecule has 0 aliphatic rings. The Kier molecular flexibility index (Phi) is 8.33. The first-order chi connectivity index (χ1) is 8.15. The summed E-state index contributed by atoms with van der Waals surface area (Å²) in [6.45, 7) is 6.10. The minimum Gasteiger partial charge on any atom is -0.351 e. The summed E-state index contributed by atoms with van der Waals surface area (Å²) in [4.78, 5) is 11.7. The van der Waals surface area contributed by atoms with Gasteiger partial charge in [0.1, 0.15) is 5.82 Å². The van der Waals surface area contributed by atoms with Crippen LogP contribution in [0.15, 0.2) is 18.2 Å². The lowest BCUT2D eigenvalue weighted by Crippen LogP contribution is -2.32. The summed E-state index contributed by atoms with van der Waals surface area (Å²) in [5.41, 5.74) is 1.19. The summed E-state index contributed by atoms with van der Waals surface area (Å²) in [7, 11) is 0. The number of hydrogen-bond acceptors (Lipinski definition) is 2. The van der Waals surface area contributed by atoms with E-state index in [0.29, 0.717) is 12.1 Å². The van der Waals surface area contributed by atoms with Crippen molar-refractivity contribution in [2.24, 2.45) is 0 Å². The Morgan fingerprint density at radius 2 is 2.00 bits per heavy atom. The van der Waals surface area contributed by atoms with Crippen molar-refractivity contribution in [3.63, 3.8) is 0 Å². The summed E-state index contributed by atoms with van der Waals surface area (Å²) in [5.74, 6) is -0.606. The highest BCUT2D eigenvalue weighted by Crippen LogP contribution is 2.09. The van der Waals surface area contributed by atoms with Crippen molar-refractivity contribution in [3.8, 4) is 0 Å². The normalized spacial score (nSPS) is 9.72.